The van der Waals surface area contributed by atoms with Crippen LogP contribution in [0.5, 0.6) is 0 Å². The maximum absolute atomic E-state index is 13.9. The number of aromatic nitrogens is 2. The first-order chi connectivity index (χ1) is 9.43. The summed E-state index contributed by atoms with van der Waals surface area (Å²) < 4.78 is 15.0. The van der Waals surface area contributed by atoms with Crippen LogP contribution in [0.4, 0.5) is 4.39 Å². The molecule has 2 aromatic rings. The Labute approximate surface area is 114 Å². The van der Waals surface area contributed by atoms with Gasteiger partial charge >= 0.3 is 5.97 Å². The van der Waals surface area contributed by atoms with Crippen molar-refractivity contribution in [3.63, 3.8) is 0 Å². The maximum atomic E-state index is 13.9. The summed E-state index contributed by atoms with van der Waals surface area (Å²) in [6.45, 7) is 3.46. The van der Waals surface area contributed by atoms with Gasteiger partial charge in [0.25, 0.3) is 0 Å². The summed E-state index contributed by atoms with van der Waals surface area (Å²) in [7, 11) is 0. The highest BCUT2D eigenvalue weighted by Crippen LogP contribution is 2.14. The van der Waals surface area contributed by atoms with Gasteiger partial charge in [0.2, 0.25) is 11.1 Å². The Morgan fingerprint density at radius 3 is 2.70 bits per heavy atom. The highest BCUT2D eigenvalue weighted by atomic mass is 19.1. The summed E-state index contributed by atoms with van der Waals surface area (Å²) in [4.78, 5) is 22.9. The van der Waals surface area contributed by atoms with Gasteiger partial charge in [-0.2, -0.15) is 5.10 Å². The van der Waals surface area contributed by atoms with Crippen LogP contribution < -0.4 is 5.43 Å². The summed E-state index contributed by atoms with van der Waals surface area (Å²) in [5.41, 5.74) is -0.125. The zero-order valence-electron chi connectivity index (χ0n) is 11.1. The largest absolute Gasteiger partial charge is 0.476 e. The van der Waals surface area contributed by atoms with Crippen LogP contribution in [0.2, 0.25) is 0 Å². The number of rotatable bonds is 3. The average Bonchev–Trinajstić information content (AvgIpc) is 2.39. The number of carboxylic acid groups (broad SMARTS) is 1. The normalized spacial score (nSPS) is 10.6. The number of nitrogens with zero attached hydrogens (tertiary/aromatic N) is 2. The number of carboxylic acids is 1. The molecule has 0 aliphatic heterocycles. The van der Waals surface area contributed by atoms with Gasteiger partial charge in [0, 0.05) is 11.8 Å². The molecule has 20 heavy (non-hydrogen) atoms. The summed E-state index contributed by atoms with van der Waals surface area (Å²) in [6.07, 6.45) is 1.71. The second-order valence-corrected chi connectivity index (χ2v) is 4.39. The van der Waals surface area contributed by atoms with E-state index in [1.165, 1.54) is 18.3 Å². The molecule has 1 aromatic heterocycles. The molecule has 1 heterocycles. The van der Waals surface area contributed by atoms with Gasteiger partial charge in [-0.05, 0) is 31.0 Å². The molecule has 0 saturated carbocycles. The first kappa shape index (κ1) is 13.9. The van der Waals surface area contributed by atoms with E-state index in [1.54, 1.807) is 19.9 Å². The van der Waals surface area contributed by atoms with Gasteiger partial charge in [-0.3, -0.25) is 4.79 Å². The van der Waals surface area contributed by atoms with Gasteiger partial charge < -0.3 is 5.11 Å². The topological polar surface area (TPSA) is 72.2 Å². The lowest BCUT2D eigenvalue weighted by molar-refractivity contribution is 0.0686. The summed E-state index contributed by atoms with van der Waals surface area (Å²) in [6, 6.07) is 4.50. The maximum Gasteiger partial charge on any atom is 0.360 e. The predicted molar refractivity (Wildman–Crippen MR) is 70.9 cm³/mol. The monoisotopic (exact) mass is 276 g/mol. The van der Waals surface area contributed by atoms with Crippen LogP contribution in [-0.2, 0) is 6.42 Å². The zero-order valence-corrected chi connectivity index (χ0v) is 11.1. The molecule has 0 aliphatic carbocycles. The molecule has 0 radical (unpaired) electrons. The van der Waals surface area contributed by atoms with Gasteiger partial charge in [-0.15, -0.1) is 0 Å². The first-order valence-electron chi connectivity index (χ1n) is 6.06. The van der Waals surface area contributed by atoms with E-state index in [2.05, 4.69) is 5.10 Å². The van der Waals surface area contributed by atoms with Gasteiger partial charge in [-0.1, -0.05) is 13.0 Å². The minimum Gasteiger partial charge on any atom is -0.476 e. The van der Waals surface area contributed by atoms with Crippen LogP contribution in [0, 0.1) is 12.7 Å². The highest BCUT2D eigenvalue weighted by Gasteiger charge is 2.16. The van der Waals surface area contributed by atoms with Crippen LogP contribution >= 0.6 is 0 Å². The quantitative estimate of drug-likeness (QED) is 0.929. The molecule has 0 unspecified atom stereocenters. The van der Waals surface area contributed by atoms with Gasteiger partial charge in [0.05, 0.1) is 0 Å². The third-order valence-corrected chi connectivity index (χ3v) is 2.93. The molecule has 104 valence electrons. The molecule has 1 aromatic carbocycles. The van der Waals surface area contributed by atoms with E-state index in [1.807, 2.05) is 0 Å². The lowest BCUT2D eigenvalue weighted by atomic mass is 10.2. The summed E-state index contributed by atoms with van der Waals surface area (Å²) >= 11 is 0. The van der Waals surface area contributed by atoms with Gasteiger partial charge in [0.1, 0.15) is 11.5 Å². The number of benzene rings is 1. The molecule has 0 saturated heterocycles. The van der Waals surface area contributed by atoms with E-state index < -0.39 is 22.9 Å². The molecular weight excluding hydrogens is 263 g/mol. The van der Waals surface area contributed by atoms with E-state index in [4.69, 9.17) is 5.11 Å². The fraction of sp³-hybridized carbons (Fsp3) is 0.214. The molecule has 1 N–H and O–H groups in total. The molecule has 0 fully saturated rings. The Morgan fingerprint density at radius 1 is 1.45 bits per heavy atom. The Balaban J connectivity index is 2.71. The molecule has 0 spiro atoms. The standard InChI is InChI=1S/C14H13FN2O3/c1-3-9-7-17(16-12(13(9)18)14(19)20)11-5-4-8(2)6-10(11)15/h4-7H,3H2,1-2H3,(H,19,20). The molecule has 0 aliphatic rings. The summed E-state index contributed by atoms with van der Waals surface area (Å²) in [5, 5.41) is 12.7. The molecular formula is C14H13FN2O3. The van der Waals surface area contributed by atoms with Crippen molar-refractivity contribution in [2.45, 2.75) is 20.3 Å². The molecule has 2 rings (SSSR count). The van der Waals surface area contributed by atoms with Crippen molar-refractivity contribution in [2.75, 3.05) is 0 Å². The highest BCUT2D eigenvalue weighted by molar-refractivity contribution is 5.85. The second kappa shape index (κ2) is 5.24. The molecule has 5 nitrogen and oxygen atoms in total. The third-order valence-electron chi connectivity index (χ3n) is 2.93. The smallest absolute Gasteiger partial charge is 0.360 e. The number of hydrogen-bond acceptors (Lipinski definition) is 3. The van der Waals surface area contributed by atoms with Crippen LogP contribution in [0.25, 0.3) is 5.69 Å². The lowest BCUT2D eigenvalue weighted by Gasteiger charge is -2.10. The van der Waals surface area contributed by atoms with E-state index in [0.29, 0.717) is 6.42 Å². The van der Waals surface area contributed by atoms with Gasteiger partial charge in [-0.25, -0.2) is 13.9 Å². The molecule has 6 heteroatoms. The van der Waals surface area contributed by atoms with Crippen LogP contribution in [0.1, 0.15) is 28.5 Å². The van der Waals surface area contributed by atoms with Crippen molar-refractivity contribution in [2.24, 2.45) is 0 Å². The fourth-order valence-corrected chi connectivity index (χ4v) is 1.85. The van der Waals surface area contributed by atoms with Crippen molar-refractivity contribution in [1.29, 1.82) is 0 Å². The van der Waals surface area contributed by atoms with E-state index in [9.17, 15) is 14.0 Å². The number of carbonyl (C=O) groups is 1. The van der Waals surface area contributed by atoms with Crippen molar-refractivity contribution in [1.82, 2.24) is 9.78 Å². The van der Waals surface area contributed by atoms with Crippen molar-refractivity contribution in [3.8, 4) is 5.69 Å². The Bertz CT molecular complexity index is 738. The number of hydrogen-bond donors (Lipinski definition) is 1. The Morgan fingerprint density at radius 2 is 2.15 bits per heavy atom. The SMILES string of the molecule is CCc1cn(-c2ccc(C)cc2F)nc(C(=O)O)c1=O. The third kappa shape index (κ3) is 2.45. The van der Waals surface area contributed by atoms with Crippen molar-refractivity contribution in [3.05, 3.63) is 57.3 Å². The average molecular weight is 276 g/mol. The van der Waals surface area contributed by atoms with E-state index >= 15 is 0 Å². The van der Waals surface area contributed by atoms with E-state index in [0.717, 1.165) is 10.2 Å². The predicted octanol–water partition coefficient (Wildman–Crippen LogP) is 1.94. The minimum absolute atomic E-state index is 0.104. The lowest BCUT2D eigenvalue weighted by Crippen LogP contribution is -2.24. The Kier molecular flexibility index (Phi) is 3.65. The van der Waals surface area contributed by atoms with Crippen LogP contribution in [-0.4, -0.2) is 20.9 Å². The second-order valence-electron chi connectivity index (χ2n) is 4.39. The van der Waals surface area contributed by atoms with Crippen molar-refractivity contribution < 1.29 is 14.3 Å². The minimum atomic E-state index is -1.42. The zero-order chi connectivity index (χ0) is 14.9. The van der Waals surface area contributed by atoms with Crippen molar-refractivity contribution >= 4 is 5.97 Å². The molecule has 0 amide bonds. The number of aryl methyl sites for hydroxylation is 2. The van der Waals surface area contributed by atoms with E-state index in [-0.39, 0.29) is 11.3 Å². The molecule has 0 bridgehead atoms. The number of halogens is 1. The number of aromatic carboxylic acids is 1. The van der Waals surface area contributed by atoms with Crippen LogP contribution in [0.3, 0.4) is 0 Å². The fourth-order valence-electron chi connectivity index (χ4n) is 1.85. The molecule has 0 atom stereocenters. The summed E-state index contributed by atoms with van der Waals surface area (Å²) in [5.74, 6) is -1.95. The van der Waals surface area contributed by atoms with Crippen LogP contribution in [0.15, 0.2) is 29.2 Å². The Hall–Kier alpha value is -2.50. The van der Waals surface area contributed by atoms with Gasteiger partial charge in [0.15, 0.2) is 0 Å². The first-order valence-corrected chi connectivity index (χ1v) is 6.06.